The number of anilines is 6. The van der Waals surface area contributed by atoms with E-state index in [-0.39, 0.29) is 11.9 Å². The highest BCUT2D eigenvalue weighted by molar-refractivity contribution is 7.92. The molecule has 0 unspecified atom stereocenters. The summed E-state index contributed by atoms with van der Waals surface area (Å²) in [6, 6.07) is 25.3. The molecule has 4 aromatic carbocycles. The van der Waals surface area contributed by atoms with Gasteiger partial charge < -0.3 is 22.3 Å². The molecule has 0 radical (unpaired) electrons. The van der Waals surface area contributed by atoms with Crippen molar-refractivity contribution in [2.45, 2.75) is 0 Å². The maximum atomic E-state index is 11.4. The monoisotopic (exact) mass is 688 g/mol. The third-order valence-corrected chi connectivity index (χ3v) is 7.93. The van der Waals surface area contributed by atoms with E-state index in [1.165, 1.54) is 0 Å². The normalized spacial score (nSPS) is 11.4. The predicted octanol–water partition coefficient (Wildman–Crippen LogP) is 3.07. The van der Waals surface area contributed by atoms with E-state index in [0.29, 0.717) is 39.4 Å². The first-order valence-electron chi connectivity index (χ1n) is 14.0. The summed E-state index contributed by atoms with van der Waals surface area (Å²) in [5.41, 5.74) is 22.2. The highest BCUT2D eigenvalue weighted by Crippen LogP contribution is 2.30. The van der Waals surface area contributed by atoms with Gasteiger partial charge >= 0.3 is 0 Å². The van der Waals surface area contributed by atoms with Gasteiger partial charge in [-0.15, -0.1) is 0 Å². The minimum Gasteiger partial charge on any atom is -0.368 e. The second kappa shape index (κ2) is 13.5. The Labute approximate surface area is 276 Å². The lowest BCUT2D eigenvalue weighted by molar-refractivity contribution is 0.605. The van der Waals surface area contributed by atoms with Gasteiger partial charge in [0.15, 0.2) is 11.6 Å². The summed E-state index contributed by atoms with van der Waals surface area (Å²) in [6.07, 6.45) is 2.22. The highest BCUT2D eigenvalue weighted by Gasteiger charge is 2.10. The molecule has 2 aromatic heterocycles. The van der Waals surface area contributed by atoms with Crippen molar-refractivity contribution in [1.29, 1.82) is 0 Å². The summed E-state index contributed by atoms with van der Waals surface area (Å²) in [7, 11) is -6.63. The van der Waals surface area contributed by atoms with Crippen LogP contribution in [-0.4, -0.2) is 49.3 Å². The van der Waals surface area contributed by atoms with E-state index in [4.69, 9.17) is 23.2 Å². The van der Waals surface area contributed by atoms with Gasteiger partial charge in [0.1, 0.15) is 0 Å². The largest absolute Gasteiger partial charge is 0.368 e. The number of nitrogen functional groups attached to an aromatic ring is 4. The smallest absolute Gasteiger partial charge is 0.229 e. The number of hydrogen-bond acceptors (Lipinski definition) is 14. The van der Waals surface area contributed by atoms with Crippen molar-refractivity contribution in [3.05, 3.63) is 84.9 Å². The van der Waals surface area contributed by atoms with Crippen molar-refractivity contribution < 1.29 is 16.8 Å². The minimum atomic E-state index is -3.34. The minimum absolute atomic E-state index is 0.127. The molecule has 0 aliphatic heterocycles. The van der Waals surface area contributed by atoms with Gasteiger partial charge in [-0.3, -0.25) is 9.44 Å². The summed E-state index contributed by atoms with van der Waals surface area (Å²) in [6.45, 7) is 0. The molecule has 16 nitrogen and oxygen atoms in total. The van der Waals surface area contributed by atoms with Crippen LogP contribution >= 0.6 is 0 Å². The van der Waals surface area contributed by atoms with E-state index in [1.807, 2.05) is 48.5 Å². The molecule has 0 spiro atoms. The van der Waals surface area contributed by atoms with Gasteiger partial charge in [-0.2, -0.15) is 9.97 Å². The van der Waals surface area contributed by atoms with Gasteiger partial charge in [-0.1, -0.05) is 36.4 Å². The van der Waals surface area contributed by atoms with Crippen molar-refractivity contribution in [2.75, 3.05) is 44.3 Å². The van der Waals surface area contributed by atoms with Crippen LogP contribution in [-0.2, 0) is 20.0 Å². The summed E-state index contributed by atoms with van der Waals surface area (Å²) < 4.78 is 50.1. The van der Waals surface area contributed by atoms with Crippen LogP contribution in [0.5, 0.6) is 0 Å². The van der Waals surface area contributed by atoms with Crippen LogP contribution in [0.2, 0.25) is 0 Å². The molecular weight excluding hydrogens is 657 g/mol. The Morgan fingerprint density at radius 1 is 0.521 bits per heavy atom. The number of hydrogen-bond donors (Lipinski definition) is 8. The summed E-state index contributed by atoms with van der Waals surface area (Å²) in [5.74, 6) is 12.1. The van der Waals surface area contributed by atoms with Gasteiger partial charge in [-0.05, 0) is 70.8 Å². The Hall–Kier alpha value is -5.82. The van der Waals surface area contributed by atoms with Crippen LogP contribution in [0.4, 0.5) is 34.9 Å². The summed E-state index contributed by atoms with van der Waals surface area (Å²) in [5, 5.41) is 1.45. The number of rotatable bonds is 8. The molecule has 0 saturated carbocycles. The highest BCUT2D eigenvalue weighted by atomic mass is 32.2. The van der Waals surface area contributed by atoms with Crippen molar-refractivity contribution in [1.82, 2.24) is 19.9 Å². The van der Waals surface area contributed by atoms with Gasteiger partial charge in [0.25, 0.3) is 0 Å². The first-order valence-corrected chi connectivity index (χ1v) is 17.7. The van der Waals surface area contributed by atoms with Gasteiger partial charge in [-0.25, -0.2) is 38.5 Å². The zero-order valence-corrected chi connectivity index (χ0v) is 27.3. The standard InChI is InChI=1S/2C15H16N6O2S/c1-24(22,23)21-11-5-2-9(3-6-11)10-4-7-13-12(8-10)14(20-17)19-15(16)18-13;1-24(22,23)21-11-4-2-3-9(7-11)10-5-6-13-12(8-10)14(20-17)19-15(16)18-13/h2*2-8,21H,17H2,1H3,(H3,16,18,19,20). The van der Waals surface area contributed by atoms with E-state index >= 15 is 0 Å². The van der Waals surface area contributed by atoms with E-state index in [0.717, 1.165) is 40.2 Å². The molecule has 0 atom stereocenters. The average Bonchev–Trinajstić information content (AvgIpc) is 3.03. The Morgan fingerprint density at radius 2 is 0.958 bits per heavy atom. The first-order chi connectivity index (χ1) is 22.7. The van der Waals surface area contributed by atoms with Crippen molar-refractivity contribution in [2.24, 2.45) is 11.7 Å². The molecule has 0 saturated heterocycles. The molecule has 12 N–H and O–H groups in total. The molecule has 18 heteroatoms. The number of nitrogens with one attached hydrogen (secondary N) is 4. The molecular formula is C30H32N12O4S2. The van der Waals surface area contributed by atoms with Gasteiger partial charge in [0.05, 0.1) is 23.5 Å². The molecule has 0 fully saturated rings. The second-order valence-electron chi connectivity index (χ2n) is 10.5. The Morgan fingerprint density at radius 3 is 1.44 bits per heavy atom. The lowest BCUT2D eigenvalue weighted by Gasteiger charge is -2.10. The van der Waals surface area contributed by atoms with Crippen LogP contribution < -0.4 is 43.4 Å². The van der Waals surface area contributed by atoms with Crippen LogP contribution in [0, 0.1) is 0 Å². The number of sulfonamides is 2. The van der Waals surface area contributed by atoms with Crippen molar-refractivity contribution in [3.8, 4) is 22.3 Å². The van der Waals surface area contributed by atoms with Crippen molar-refractivity contribution in [3.63, 3.8) is 0 Å². The van der Waals surface area contributed by atoms with Crippen molar-refractivity contribution >= 4 is 76.8 Å². The molecule has 248 valence electrons. The molecule has 2 heterocycles. The summed E-state index contributed by atoms with van der Waals surface area (Å²) in [4.78, 5) is 16.5. The van der Waals surface area contributed by atoms with E-state index in [2.05, 4.69) is 40.2 Å². The van der Waals surface area contributed by atoms with Crippen LogP contribution in [0.3, 0.4) is 0 Å². The molecule has 0 bridgehead atoms. The first kappa shape index (κ1) is 33.5. The Balaban J connectivity index is 0.000000188. The number of nitrogens with zero attached hydrogens (tertiary/aromatic N) is 4. The van der Waals surface area contributed by atoms with Crippen LogP contribution in [0.25, 0.3) is 44.1 Å². The fraction of sp³-hybridized carbons (Fsp3) is 0.0667. The number of fused-ring (bicyclic) bond motifs is 2. The number of benzene rings is 4. The molecule has 6 rings (SSSR count). The van der Waals surface area contributed by atoms with Crippen LogP contribution in [0.15, 0.2) is 84.9 Å². The van der Waals surface area contributed by atoms with Crippen LogP contribution in [0.1, 0.15) is 0 Å². The SMILES string of the molecule is CS(=O)(=O)Nc1ccc(-c2ccc3nc(N)nc(NN)c3c2)cc1.CS(=O)(=O)Nc1cccc(-c2ccc3nc(N)nc(NN)c3c2)c1. The average molecular weight is 689 g/mol. The van der Waals surface area contributed by atoms with E-state index < -0.39 is 20.0 Å². The lowest BCUT2D eigenvalue weighted by Crippen LogP contribution is -2.11. The second-order valence-corrected chi connectivity index (χ2v) is 14.0. The third-order valence-electron chi connectivity index (χ3n) is 6.72. The zero-order chi connectivity index (χ0) is 34.6. The topological polar surface area (TPSA) is 272 Å². The predicted molar refractivity (Wildman–Crippen MR) is 191 cm³/mol. The number of aromatic nitrogens is 4. The molecule has 0 aliphatic carbocycles. The van der Waals surface area contributed by atoms with Gasteiger partial charge in [0.2, 0.25) is 31.9 Å². The van der Waals surface area contributed by atoms with Gasteiger partial charge in [0, 0.05) is 22.1 Å². The number of nitrogens with two attached hydrogens (primary N) is 4. The maximum absolute atomic E-state index is 11.4. The lowest BCUT2D eigenvalue weighted by atomic mass is 10.0. The molecule has 6 aromatic rings. The molecule has 48 heavy (non-hydrogen) atoms. The van der Waals surface area contributed by atoms with E-state index in [1.54, 1.807) is 36.4 Å². The quantitative estimate of drug-likeness (QED) is 0.0843. The number of hydrazine groups is 2. The third kappa shape index (κ3) is 8.30. The molecule has 0 aliphatic rings. The Kier molecular flexibility index (Phi) is 9.43. The zero-order valence-electron chi connectivity index (χ0n) is 25.6. The fourth-order valence-corrected chi connectivity index (χ4v) is 5.91. The fourth-order valence-electron chi connectivity index (χ4n) is 4.79. The van der Waals surface area contributed by atoms with E-state index in [9.17, 15) is 16.8 Å². The maximum Gasteiger partial charge on any atom is 0.229 e. The summed E-state index contributed by atoms with van der Waals surface area (Å²) >= 11 is 0. The Bertz CT molecular complexity index is 2360. The molecule has 0 amide bonds.